The molecule has 40 heavy (non-hydrogen) atoms. The van der Waals surface area contributed by atoms with Gasteiger partial charge in [0, 0.05) is 6.42 Å². The molecular weight excluding hydrogens is 547 g/mol. The van der Waals surface area contributed by atoms with Gasteiger partial charge in [-0.2, -0.15) is 0 Å². The van der Waals surface area contributed by atoms with E-state index in [0.29, 0.717) is 6.42 Å². The number of phosphoric ester groups is 1. The minimum absolute atomic E-state index is 0.112. The predicted molar refractivity (Wildman–Crippen MR) is 147 cm³/mol. The molecule has 1 saturated carbocycles. The van der Waals surface area contributed by atoms with Crippen LogP contribution in [0.2, 0.25) is 0 Å². The van der Waals surface area contributed by atoms with Gasteiger partial charge in [-0.3, -0.25) is 13.8 Å². The summed E-state index contributed by atoms with van der Waals surface area (Å²) in [5, 5.41) is 58.3. The van der Waals surface area contributed by atoms with E-state index in [0.717, 1.165) is 38.5 Å². The summed E-state index contributed by atoms with van der Waals surface area (Å²) in [6.45, 7) is 0.797. The van der Waals surface area contributed by atoms with E-state index in [-0.39, 0.29) is 6.42 Å². The first-order valence-corrected chi connectivity index (χ1v) is 16.0. The van der Waals surface area contributed by atoms with Crippen molar-refractivity contribution >= 4 is 13.8 Å². The zero-order chi connectivity index (χ0) is 30.0. The lowest BCUT2D eigenvalue weighted by Crippen LogP contribution is -2.64. The van der Waals surface area contributed by atoms with Crippen molar-refractivity contribution in [1.29, 1.82) is 0 Å². The number of aliphatic hydroxyl groups excluding tert-OH is 6. The minimum atomic E-state index is -5.00. The zero-order valence-electron chi connectivity index (χ0n) is 23.6. The number of esters is 1. The Labute approximate surface area is 237 Å². The largest absolute Gasteiger partial charge is 0.472 e. The molecule has 0 radical (unpaired) electrons. The molecule has 0 amide bonds. The number of allylic oxidation sites excluding steroid dienone is 2. The Morgan fingerprint density at radius 1 is 0.775 bits per heavy atom. The molecule has 0 bridgehead atoms. The summed E-state index contributed by atoms with van der Waals surface area (Å²) in [5.41, 5.74) is 0. The number of aliphatic hydroxyl groups is 6. The molecule has 0 aromatic carbocycles. The second kappa shape index (κ2) is 20.9. The third-order valence-corrected chi connectivity index (χ3v) is 7.88. The fourth-order valence-corrected chi connectivity index (χ4v) is 5.36. The Kier molecular flexibility index (Phi) is 19.4. The Morgan fingerprint density at radius 3 is 1.77 bits per heavy atom. The van der Waals surface area contributed by atoms with Crippen LogP contribution in [0.1, 0.15) is 96.8 Å². The molecule has 7 N–H and O–H groups in total. The molecule has 12 nitrogen and oxygen atoms in total. The summed E-state index contributed by atoms with van der Waals surface area (Å²) in [5.74, 6) is -0.604. The van der Waals surface area contributed by atoms with E-state index in [1.54, 1.807) is 0 Å². The van der Waals surface area contributed by atoms with Gasteiger partial charge in [0.25, 0.3) is 0 Å². The van der Waals surface area contributed by atoms with Crippen molar-refractivity contribution in [3.63, 3.8) is 0 Å². The molecule has 1 aliphatic rings. The SMILES string of the molecule is CCCCCCCC/C=C\CCCCCCCC(=O)O[C@H](CO)COP(=O)(O)OC1[C@H](O)[C@H](O)C(O)[C@H](O)[C@H]1O. The number of unbranched alkanes of at least 4 members (excludes halogenated alkanes) is 11. The maximum atomic E-state index is 12.2. The van der Waals surface area contributed by atoms with Crippen molar-refractivity contribution in [1.82, 2.24) is 0 Å². The predicted octanol–water partition coefficient (Wildman–Crippen LogP) is 2.25. The maximum absolute atomic E-state index is 12.2. The molecule has 3 unspecified atom stereocenters. The van der Waals surface area contributed by atoms with E-state index < -0.39 is 69.7 Å². The van der Waals surface area contributed by atoms with Crippen LogP contribution in [0.4, 0.5) is 0 Å². The number of carbonyl (C=O) groups excluding carboxylic acids is 1. The van der Waals surface area contributed by atoms with Gasteiger partial charge in [0.05, 0.1) is 13.2 Å². The van der Waals surface area contributed by atoms with Crippen LogP contribution >= 0.6 is 7.82 Å². The first-order chi connectivity index (χ1) is 19.0. The summed E-state index contributed by atoms with van der Waals surface area (Å²) >= 11 is 0. The van der Waals surface area contributed by atoms with E-state index in [9.17, 15) is 44.9 Å². The zero-order valence-corrected chi connectivity index (χ0v) is 24.5. The second-order valence-corrected chi connectivity index (χ2v) is 11.8. The van der Waals surface area contributed by atoms with Gasteiger partial charge in [-0.15, -0.1) is 0 Å². The number of rotatable bonds is 22. The minimum Gasteiger partial charge on any atom is -0.457 e. The molecule has 236 valence electrons. The van der Waals surface area contributed by atoms with Gasteiger partial charge in [-0.1, -0.05) is 70.4 Å². The van der Waals surface area contributed by atoms with Gasteiger partial charge < -0.3 is 40.3 Å². The van der Waals surface area contributed by atoms with Crippen molar-refractivity contribution < 1.29 is 58.7 Å². The average molecular weight is 599 g/mol. The van der Waals surface area contributed by atoms with Gasteiger partial charge in [-0.25, -0.2) is 4.57 Å². The molecule has 1 rings (SSSR count). The van der Waals surface area contributed by atoms with Crippen LogP contribution in [0.25, 0.3) is 0 Å². The number of phosphoric acid groups is 1. The first-order valence-electron chi connectivity index (χ1n) is 14.6. The number of carbonyl (C=O) groups is 1. The van der Waals surface area contributed by atoms with Crippen LogP contribution in [0, 0.1) is 0 Å². The third-order valence-electron chi connectivity index (χ3n) is 6.90. The van der Waals surface area contributed by atoms with Crippen LogP contribution in [0.3, 0.4) is 0 Å². The van der Waals surface area contributed by atoms with E-state index >= 15 is 0 Å². The average Bonchev–Trinajstić information content (AvgIpc) is 2.93. The molecule has 1 fully saturated rings. The summed E-state index contributed by atoms with van der Waals surface area (Å²) in [6, 6.07) is 0. The highest BCUT2D eigenvalue weighted by atomic mass is 31.2. The maximum Gasteiger partial charge on any atom is 0.472 e. The lowest BCUT2D eigenvalue weighted by molar-refractivity contribution is -0.220. The van der Waals surface area contributed by atoms with Crippen molar-refractivity contribution in [2.24, 2.45) is 0 Å². The fraction of sp³-hybridized carbons (Fsp3) is 0.889. The molecule has 0 saturated heterocycles. The molecule has 0 aliphatic heterocycles. The summed E-state index contributed by atoms with van der Waals surface area (Å²) in [6.07, 6.45) is 6.18. The van der Waals surface area contributed by atoms with Gasteiger partial charge >= 0.3 is 13.8 Å². The van der Waals surface area contributed by atoms with Crippen molar-refractivity contribution in [2.45, 2.75) is 140 Å². The van der Waals surface area contributed by atoms with Gasteiger partial charge in [0.15, 0.2) is 0 Å². The molecule has 0 aromatic rings. The van der Waals surface area contributed by atoms with E-state index in [1.807, 2.05) is 0 Å². The van der Waals surface area contributed by atoms with Crippen molar-refractivity contribution in [2.75, 3.05) is 13.2 Å². The van der Waals surface area contributed by atoms with Crippen molar-refractivity contribution in [3.05, 3.63) is 12.2 Å². The normalized spacial score (nSPS) is 27.5. The molecular formula is C27H51O12P. The lowest BCUT2D eigenvalue weighted by atomic mass is 9.85. The first kappa shape index (κ1) is 37.1. The number of hydrogen-bond acceptors (Lipinski definition) is 11. The number of ether oxygens (including phenoxy) is 1. The molecule has 1 aliphatic carbocycles. The Balaban J connectivity index is 2.19. The summed E-state index contributed by atoms with van der Waals surface area (Å²) in [4.78, 5) is 22.0. The quantitative estimate of drug-likeness (QED) is 0.0415. The van der Waals surface area contributed by atoms with Gasteiger partial charge in [0.1, 0.15) is 42.7 Å². The molecule has 0 spiro atoms. The molecule has 13 heteroatoms. The topological polar surface area (TPSA) is 203 Å². The third kappa shape index (κ3) is 14.8. The van der Waals surface area contributed by atoms with Crippen LogP contribution in [0.15, 0.2) is 12.2 Å². The van der Waals surface area contributed by atoms with Crippen LogP contribution < -0.4 is 0 Å². The highest BCUT2D eigenvalue weighted by Gasteiger charge is 2.51. The smallest absolute Gasteiger partial charge is 0.457 e. The van der Waals surface area contributed by atoms with E-state index in [2.05, 4.69) is 23.6 Å². The highest BCUT2D eigenvalue weighted by molar-refractivity contribution is 7.47. The standard InChI is InChI=1S/C27H51O12P/c1-2-3-4-5-6-7-8-9-10-11-12-13-14-15-16-17-21(29)38-20(18-28)19-37-40(35,36)39-27-25(33)23(31)22(30)24(32)26(27)34/h9-10,20,22-28,30-34H,2-8,11-19H2,1H3,(H,35,36)/b10-9-/t20-,22?,23-,24+,25-,26-,27?/m1/s1. The van der Waals surface area contributed by atoms with E-state index in [1.165, 1.54) is 38.5 Å². The van der Waals surface area contributed by atoms with Crippen LogP contribution in [-0.4, -0.2) is 97.4 Å². The van der Waals surface area contributed by atoms with Crippen LogP contribution in [0.5, 0.6) is 0 Å². The Bertz CT molecular complexity index is 735. The van der Waals surface area contributed by atoms with Crippen LogP contribution in [-0.2, 0) is 23.1 Å². The Hall–Kier alpha value is -0.920. The summed E-state index contributed by atoms with van der Waals surface area (Å²) in [7, 11) is -5.00. The lowest BCUT2D eigenvalue weighted by Gasteiger charge is -2.41. The monoisotopic (exact) mass is 598 g/mol. The van der Waals surface area contributed by atoms with Gasteiger partial charge in [-0.05, 0) is 32.1 Å². The Morgan fingerprint density at radius 2 is 1.25 bits per heavy atom. The molecule has 0 aromatic heterocycles. The van der Waals surface area contributed by atoms with Crippen molar-refractivity contribution in [3.8, 4) is 0 Å². The van der Waals surface area contributed by atoms with E-state index in [4.69, 9.17) is 9.26 Å². The van der Waals surface area contributed by atoms with Gasteiger partial charge in [0.2, 0.25) is 0 Å². The molecule has 8 atom stereocenters. The molecule has 0 heterocycles. The fourth-order valence-electron chi connectivity index (χ4n) is 4.39. The summed E-state index contributed by atoms with van der Waals surface area (Å²) < 4.78 is 26.7. The number of hydrogen-bond donors (Lipinski definition) is 7. The second-order valence-electron chi connectivity index (χ2n) is 10.4. The highest BCUT2D eigenvalue weighted by Crippen LogP contribution is 2.47.